The maximum absolute atomic E-state index is 13.0. The van der Waals surface area contributed by atoms with Gasteiger partial charge in [0, 0.05) is 12.8 Å². The van der Waals surface area contributed by atoms with E-state index in [1.165, 1.54) is 31.8 Å². The van der Waals surface area contributed by atoms with Crippen molar-refractivity contribution in [3.05, 3.63) is 85.1 Å². The lowest BCUT2D eigenvalue weighted by molar-refractivity contribution is -0.216. The Morgan fingerprint density at radius 2 is 1.07 bits per heavy atom. The van der Waals surface area contributed by atoms with Gasteiger partial charge in [-0.25, -0.2) is 9.13 Å². The van der Waals surface area contributed by atoms with Gasteiger partial charge in [-0.2, -0.15) is 0 Å². The van der Waals surface area contributed by atoms with Gasteiger partial charge in [0.2, 0.25) is 0 Å². The quantitative estimate of drug-likeness (QED) is 0.0105. The molecule has 1 aliphatic carbocycles. The molecule has 0 aliphatic heterocycles. The van der Waals surface area contributed by atoms with Crippen molar-refractivity contribution >= 4 is 27.6 Å². The molecule has 10 atom stereocenters. The smallest absolute Gasteiger partial charge is 0.462 e. The van der Waals surface area contributed by atoms with Gasteiger partial charge < -0.3 is 54.8 Å². The van der Waals surface area contributed by atoms with E-state index < -0.39 is 95.7 Å². The summed E-state index contributed by atoms with van der Waals surface area (Å²) in [6.45, 7) is 2.76. The second kappa shape index (κ2) is 37.0. The van der Waals surface area contributed by atoms with Gasteiger partial charge >= 0.3 is 27.6 Å². The number of esters is 2. The first kappa shape index (κ1) is 62.1. The highest BCUT2D eigenvalue weighted by molar-refractivity contribution is 7.47. The monoisotopic (exact) mass is 992 g/mol. The molecule has 1 rings (SSSR count). The summed E-state index contributed by atoms with van der Waals surface area (Å²) in [5.41, 5.74) is 0. The third-order valence-corrected chi connectivity index (χ3v) is 11.6. The fourth-order valence-electron chi connectivity index (χ4n) is 6.40. The summed E-state index contributed by atoms with van der Waals surface area (Å²) < 4.78 is 49.1. The number of allylic oxidation sites excluding steroid dienone is 11. The van der Waals surface area contributed by atoms with Crippen LogP contribution in [0.15, 0.2) is 85.1 Å². The summed E-state index contributed by atoms with van der Waals surface area (Å²) in [4.78, 5) is 54.2. The Balaban J connectivity index is 2.76. The number of hydrogen-bond acceptors (Lipinski definition) is 15. The molecule has 1 fully saturated rings. The van der Waals surface area contributed by atoms with Crippen molar-refractivity contribution in [3.8, 4) is 0 Å². The highest BCUT2D eigenvalue weighted by Gasteiger charge is 2.54. The molecule has 0 heterocycles. The van der Waals surface area contributed by atoms with Crippen LogP contribution < -0.4 is 0 Å². The first-order valence-corrected chi connectivity index (χ1v) is 26.4. The van der Waals surface area contributed by atoms with Crippen molar-refractivity contribution in [1.29, 1.82) is 0 Å². The second-order valence-electron chi connectivity index (χ2n) is 16.2. The number of carbonyl (C=O) groups is 2. The van der Waals surface area contributed by atoms with Crippen LogP contribution in [0.3, 0.4) is 0 Å². The number of aliphatic hydroxyl groups is 6. The van der Waals surface area contributed by atoms with E-state index >= 15 is 0 Å². The third-order valence-electron chi connectivity index (χ3n) is 10.1. The molecule has 0 aromatic carbocycles. The summed E-state index contributed by atoms with van der Waals surface area (Å²) >= 11 is 0. The van der Waals surface area contributed by atoms with Crippen molar-refractivity contribution in [1.82, 2.24) is 0 Å². The van der Waals surface area contributed by atoms with Crippen LogP contribution in [0.5, 0.6) is 0 Å². The van der Waals surface area contributed by atoms with Gasteiger partial charge in [-0.05, 0) is 77.0 Å². The van der Waals surface area contributed by atoms with Crippen LogP contribution in [0.1, 0.15) is 129 Å². The van der Waals surface area contributed by atoms with Crippen LogP contribution >= 0.6 is 15.6 Å². The fourth-order valence-corrected chi connectivity index (χ4v) is 7.94. The number of hydrogen-bond donors (Lipinski definition) is 9. The summed E-state index contributed by atoms with van der Waals surface area (Å²) in [6.07, 6.45) is 23.0. The van der Waals surface area contributed by atoms with Crippen LogP contribution in [0, 0.1) is 0 Å². The normalized spacial score (nSPS) is 23.1. The minimum absolute atomic E-state index is 0.0145. The summed E-state index contributed by atoms with van der Waals surface area (Å²) in [5.74, 6) is -1.50. The Labute approximate surface area is 396 Å². The number of carbonyl (C=O) groups excluding carboxylic acids is 2. The third kappa shape index (κ3) is 31.8. The molecule has 18 nitrogen and oxygen atoms in total. The van der Waals surface area contributed by atoms with E-state index in [0.717, 1.165) is 44.9 Å². The van der Waals surface area contributed by atoms with Gasteiger partial charge in [0.05, 0.1) is 18.8 Å². The molecule has 1 aliphatic rings. The lowest BCUT2D eigenvalue weighted by Gasteiger charge is -2.43. The van der Waals surface area contributed by atoms with Crippen molar-refractivity contribution in [3.63, 3.8) is 0 Å². The molecule has 0 saturated heterocycles. The van der Waals surface area contributed by atoms with Crippen LogP contribution in [0.25, 0.3) is 0 Å². The Morgan fingerprint density at radius 3 is 1.64 bits per heavy atom. The maximum Gasteiger partial charge on any atom is 0.472 e. The zero-order chi connectivity index (χ0) is 49.9. The largest absolute Gasteiger partial charge is 0.472 e. The van der Waals surface area contributed by atoms with Gasteiger partial charge in [-0.3, -0.25) is 23.2 Å². The summed E-state index contributed by atoms with van der Waals surface area (Å²) in [6, 6.07) is 0. The van der Waals surface area contributed by atoms with Gasteiger partial charge in [-0.1, -0.05) is 125 Å². The van der Waals surface area contributed by atoms with Gasteiger partial charge in [-0.15, -0.1) is 0 Å². The molecule has 67 heavy (non-hydrogen) atoms. The minimum atomic E-state index is -5.40. The number of ether oxygens (including phenoxy) is 2. The topological polar surface area (TPSA) is 296 Å². The van der Waals surface area contributed by atoms with Crippen LogP contribution in [-0.2, 0) is 41.8 Å². The minimum Gasteiger partial charge on any atom is -0.462 e. The van der Waals surface area contributed by atoms with E-state index in [1.807, 2.05) is 18.2 Å². The summed E-state index contributed by atoms with van der Waals surface area (Å²) in [7, 11) is -10.8. The van der Waals surface area contributed by atoms with Crippen LogP contribution in [0.4, 0.5) is 0 Å². The zero-order valence-electron chi connectivity index (χ0n) is 39.0. The Kier molecular flexibility index (Phi) is 34.3. The first-order valence-electron chi connectivity index (χ1n) is 23.3. The van der Waals surface area contributed by atoms with Crippen LogP contribution in [-0.4, -0.2) is 125 Å². The second-order valence-corrected chi connectivity index (χ2v) is 18.8. The Hall–Kier alpha value is -2.90. The zero-order valence-corrected chi connectivity index (χ0v) is 40.8. The average Bonchev–Trinajstić information content (AvgIpc) is 3.27. The van der Waals surface area contributed by atoms with Crippen molar-refractivity contribution in [2.45, 2.75) is 184 Å². The van der Waals surface area contributed by atoms with Crippen LogP contribution in [0.2, 0.25) is 0 Å². The molecule has 0 amide bonds. The lowest BCUT2D eigenvalue weighted by atomic mass is 9.85. The molecular weight excluding hydrogens is 914 g/mol. The van der Waals surface area contributed by atoms with Crippen molar-refractivity contribution in [2.24, 2.45) is 0 Å². The maximum atomic E-state index is 13.0. The fraction of sp³-hybridized carbons (Fsp3) is 0.660. The highest BCUT2D eigenvalue weighted by Crippen LogP contribution is 2.49. The molecule has 5 unspecified atom stereocenters. The van der Waals surface area contributed by atoms with Gasteiger partial charge in [0.15, 0.2) is 6.10 Å². The molecule has 20 heteroatoms. The van der Waals surface area contributed by atoms with E-state index in [0.29, 0.717) is 19.3 Å². The van der Waals surface area contributed by atoms with Crippen molar-refractivity contribution < 1.29 is 87.1 Å². The van der Waals surface area contributed by atoms with Gasteiger partial charge in [0.1, 0.15) is 43.2 Å². The molecule has 384 valence electrons. The summed E-state index contributed by atoms with van der Waals surface area (Å²) in [5, 5.41) is 61.6. The molecule has 9 N–H and O–H groups in total. The Bertz CT molecular complexity index is 1660. The molecule has 0 spiro atoms. The van der Waals surface area contributed by atoms with E-state index in [9.17, 15) is 54.3 Å². The number of phosphoric ester groups is 2. The number of aliphatic hydroxyl groups excluding tert-OH is 6. The number of rotatable bonds is 37. The van der Waals surface area contributed by atoms with E-state index in [2.05, 4.69) is 48.8 Å². The SMILES string of the molecule is CCCCC/C=C\C/C=C\C/C=C\CCCCC(=O)OC[C@H](COP(=O)(O)O[C@H]1C(O)C(O)C(O)[C@@H](OP(=O)(O)O)C1O)OC(=O)CCC[C@@H](O)\C=C/C=C/C=C/[C@@H](O)C/C=C\CCCCC. The van der Waals surface area contributed by atoms with Gasteiger partial charge in [0.25, 0.3) is 0 Å². The highest BCUT2D eigenvalue weighted by atomic mass is 31.2. The number of unbranched alkanes of at least 4 members (excludes halogenated alkanes) is 8. The molecule has 1 saturated carbocycles. The molecule has 0 bridgehead atoms. The van der Waals surface area contributed by atoms with E-state index in [-0.39, 0.29) is 25.7 Å². The molecule has 0 aromatic heterocycles. The van der Waals surface area contributed by atoms with Crippen molar-refractivity contribution in [2.75, 3.05) is 13.2 Å². The molecule has 0 radical (unpaired) electrons. The predicted molar refractivity (Wildman–Crippen MR) is 253 cm³/mol. The molecular formula is C47H78O18P2. The lowest BCUT2D eigenvalue weighted by Crippen LogP contribution is -2.64. The first-order chi connectivity index (χ1) is 31.9. The van der Waals surface area contributed by atoms with E-state index in [4.69, 9.17) is 28.3 Å². The van der Waals surface area contributed by atoms with E-state index in [1.54, 1.807) is 30.4 Å². The Morgan fingerprint density at radius 1 is 0.567 bits per heavy atom. The molecule has 0 aromatic rings. The predicted octanol–water partition coefficient (Wildman–Crippen LogP) is 6.56. The number of phosphoric acid groups is 2. The average molecular weight is 993 g/mol. The standard InChI is InChI=1S/C47H78O18P2/c1-3-5-7-9-11-12-13-14-15-16-17-18-19-21-27-33-40(50)61-35-39(36-62-67(59,60)65-47-44(54)42(52)43(53)46(45(47)55)64-66(56,57)58)63-41(51)34-28-32-38(49)31-26-23-22-25-30-37(48)29-24-20-10-8-6-4-2/h11-12,14-15,17-18,20,22-26,30-31,37-39,42-49,52-55H,3-10,13,16,19,21,27-29,32-36H2,1-2H3,(H,59,60)(H2,56,57,58)/b12-11-,15-14-,18-17-,23-22+,24-20-,30-25+,31-26-/t37-,38-,39+,42?,43?,44?,45?,46+,47-/m0/s1.